The number of thiophene rings is 1. The van der Waals surface area contributed by atoms with Crippen LogP contribution in [0.5, 0.6) is 0 Å². The van der Waals surface area contributed by atoms with Crippen molar-refractivity contribution in [3.05, 3.63) is 37.7 Å². The second-order valence-corrected chi connectivity index (χ2v) is 7.16. The van der Waals surface area contributed by atoms with Crippen LogP contribution in [0.1, 0.15) is 25.8 Å². The van der Waals surface area contributed by atoms with Crippen molar-refractivity contribution in [2.24, 2.45) is 0 Å². The fraction of sp³-hybridized carbons (Fsp3) is 0.429. The van der Waals surface area contributed by atoms with Crippen LogP contribution in [0.2, 0.25) is 0 Å². The van der Waals surface area contributed by atoms with Gasteiger partial charge in [-0.3, -0.25) is 9.48 Å². The molecule has 0 aliphatic heterocycles. The van der Waals surface area contributed by atoms with E-state index in [-0.39, 0.29) is 5.78 Å². The highest BCUT2D eigenvalue weighted by Crippen LogP contribution is 2.26. The van der Waals surface area contributed by atoms with Crippen molar-refractivity contribution in [3.63, 3.8) is 0 Å². The normalized spacial score (nSPS) is 11.3. The third kappa shape index (κ3) is 3.19. The number of nitrogens with zero attached hydrogens (tertiary/aromatic N) is 3. The van der Waals surface area contributed by atoms with Gasteiger partial charge in [0.25, 0.3) is 0 Å². The van der Waals surface area contributed by atoms with Gasteiger partial charge in [-0.05, 0) is 55.5 Å². The van der Waals surface area contributed by atoms with E-state index in [1.54, 1.807) is 22.2 Å². The number of hydrogen-bond donors (Lipinski definition) is 0. The van der Waals surface area contributed by atoms with Crippen LogP contribution in [-0.4, -0.2) is 41.1 Å². The molecule has 2 aromatic rings. The van der Waals surface area contributed by atoms with Crippen LogP contribution in [0.25, 0.3) is 0 Å². The van der Waals surface area contributed by atoms with Crippen LogP contribution in [0, 0.1) is 13.8 Å². The zero-order valence-corrected chi connectivity index (χ0v) is 14.5. The Morgan fingerprint density at radius 3 is 2.70 bits per heavy atom. The Balaban J connectivity index is 2.31. The van der Waals surface area contributed by atoms with Crippen LogP contribution >= 0.6 is 27.3 Å². The highest BCUT2D eigenvalue weighted by molar-refractivity contribution is 9.10. The first-order valence-corrected chi connectivity index (χ1v) is 7.99. The first kappa shape index (κ1) is 15.4. The number of carbonyl (C=O) groups excluding carboxylic acids is 1. The maximum Gasteiger partial charge on any atom is 0.222 e. The first-order chi connectivity index (χ1) is 9.40. The third-order valence-corrected chi connectivity index (χ3v) is 4.89. The summed E-state index contributed by atoms with van der Waals surface area (Å²) in [6.07, 6.45) is 1.69. The summed E-state index contributed by atoms with van der Waals surface area (Å²) in [5, 5.41) is 4.29. The maximum absolute atomic E-state index is 12.7. The van der Waals surface area contributed by atoms with E-state index in [9.17, 15) is 4.79 Å². The molecule has 0 bridgehead atoms. The van der Waals surface area contributed by atoms with Gasteiger partial charge in [0.2, 0.25) is 5.78 Å². The van der Waals surface area contributed by atoms with Gasteiger partial charge < -0.3 is 4.90 Å². The van der Waals surface area contributed by atoms with Gasteiger partial charge in [-0.2, -0.15) is 5.10 Å². The van der Waals surface area contributed by atoms with Crippen molar-refractivity contribution in [1.82, 2.24) is 14.7 Å². The Morgan fingerprint density at radius 2 is 2.15 bits per heavy atom. The SMILES string of the molecule is Cc1cc(C(=O)c2c(Br)cnn2CCN(C)C)sc1C. The molecule has 6 heteroatoms. The van der Waals surface area contributed by atoms with Crippen molar-refractivity contribution in [2.75, 3.05) is 20.6 Å². The van der Waals surface area contributed by atoms with Crippen LogP contribution in [-0.2, 0) is 6.54 Å². The minimum absolute atomic E-state index is 0.0364. The smallest absolute Gasteiger partial charge is 0.222 e. The van der Waals surface area contributed by atoms with E-state index in [2.05, 4.69) is 25.9 Å². The lowest BCUT2D eigenvalue weighted by Gasteiger charge is -2.11. The molecule has 0 aliphatic carbocycles. The highest BCUT2D eigenvalue weighted by Gasteiger charge is 2.21. The van der Waals surface area contributed by atoms with Gasteiger partial charge >= 0.3 is 0 Å². The predicted octanol–water partition coefficient (Wildman–Crippen LogP) is 3.12. The Morgan fingerprint density at radius 1 is 1.45 bits per heavy atom. The summed E-state index contributed by atoms with van der Waals surface area (Å²) < 4.78 is 2.53. The summed E-state index contributed by atoms with van der Waals surface area (Å²) >= 11 is 4.97. The molecule has 0 radical (unpaired) electrons. The quantitative estimate of drug-likeness (QED) is 0.773. The molecule has 0 N–H and O–H groups in total. The fourth-order valence-electron chi connectivity index (χ4n) is 1.85. The molecule has 20 heavy (non-hydrogen) atoms. The number of likely N-dealkylation sites (N-methyl/N-ethyl adjacent to an activating group) is 1. The number of aromatic nitrogens is 2. The van der Waals surface area contributed by atoms with E-state index in [1.165, 1.54) is 4.88 Å². The fourth-order valence-corrected chi connectivity index (χ4v) is 3.31. The van der Waals surface area contributed by atoms with E-state index >= 15 is 0 Å². The summed E-state index contributed by atoms with van der Waals surface area (Å²) in [5.74, 6) is 0.0364. The summed E-state index contributed by atoms with van der Waals surface area (Å²) in [5.41, 5.74) is 1.79. The second kappa shape index (κ2) is 6.20. The molecule has 0 amide bonds. The monoisotopic (exact) mass is 355 g/mol. The number of aryl methyl sites for hydroxylation is 2. The van der Waals surface area contributed by atoms with E-state index < -0.39 is 0 Å². The van der Waals surface area contributed by atoms with E-state index in [4.69, 9.17) is 0 Å². The van der Waals surface area contributed by atoms with Crippen LogP contribution in [0.15, 0.2) is 16.7 Å². The van der Waals surface area contributed by atoms with Gasteiger partial charge in [-0.1, -0.05) is 0 Å². The van der Waals surface area contributed by atoms with Gasteiger partial charge in [0.05, 0.1) is 22.1 Å². The summed E-state index contributed by atoms with van der Waals surface area (Å²) in [6.45, 7) is 5.61. The standard InChI is InChI=1S/C14H18BrN3OS/c1-9-7-12(20-10(9)2)14(19)13-11(15)8-16-18(13)6-5-17(3)4/h7-8H,5-6H2,1-4H3. The van der Waals surface area contributed by atoms with Crippen molar-refractivity contribution in [2.45, 2.75) is 20.4 Å². The Bertz CT molecular complexity index is 611. The average molecular weight is 356 g/mol. The van der Waals surface area contributed by atoms with Crippen molar-refractivity contribution >= 4 is 33.0 Å². The number of carbonyl (C=O) groups is 1. The molecule has 4 nitrogen and oxygen atoms in total. The average Bonchev–Trinajstić information content (AvgIpc) is 2.90. The van der Waals surface area contributed by atoms with E-state index in [0.717, 1.165) is 21.5 Å². The lowest BCUT2D eigenvalue weighted by atomic mass is 10.2. The van der Waals surface area contributed by atoms with Crippen LogP contribution in [0.3, 0.4) is 0 Å². The predicted molar refractivity (Wildman–Crippen MR) is 85.7 cm³/mol. The topological polar surface area (TPSA) is 38.1 Å². The number of halogens is 1. The highest BCUT2D eigenvalue weighted by atomic mass is 79.9. The first-order valence-electron chi connectivity index (χ1n) is 6.38. The van der Waals surface area contributed by atoms with Crippen LogP contribution in [0.4, 0.5) is 0 Å². The Labute approximate surface area is 131 Å². The van der Waals surface area contributed by atoms with Gasteiger partial charge in [-0.25, -0.2) is 0 Å². The largest absolute Gasteiger partial charge is 0.308 e. The zero-order chi connectivity index (χ0) is 14.9. The minimum atomic E-state index is 0.0364. The molecule has 0 unspecified atom stereocenters. The lowest BCUT2D eigenvalue weighted by Crippen LogP contribution is -2.21. The van der Waals surface area contributed by atoms with E-state index in [0.29, 0.717) is 12.2 Å². The molecule has 2 heterocycles. The summed E-state index contributed by atoms with van der Waals surface area (Å²) in [6, 6.07) is 1.96. The van der Waals surface area contributed by atoms with Crippen molar-refractivity contribution in [3.8, 4) is 0 Å². The van der Waals surface area contributed by atoms with Gasteiger partial charge in [0, 0.05) is 11.4 Å². The molecule has 108 valence electrons. The molecule has 0 saturated heterocycles. The number of rotatable bonds is 5. The van der Waals surface area contributed by atoms with Crippen molar-refractivity contribution < 1.29 is 4.79 Å². The third-order valence-electron chi connectivity index (χ3n) is 3.16. The molecule has 2 rings (SSSR count). The van der Waals surface area contributed by atoms with Gasteiger partial charge in [0.15, 0.2) is 0 Å². The van der Waals surface area contributed by atoms with Gasteiger partial charge in [-0.15, -0.1) is 11.3 Å². The van der Waals surface area contributed by atoms with Crippen molar-refractivity contribution in [1.29, 1.82) is 0 Å². The molecule has 0 spiro atoms. The molecule has 0 saturated carbocycles. The molecule has 0 aliphatic rings. The number of hydrogen-bond acceptors (Lipinski definition) is 4. The molecule has 0 atom stereocenters. The Hall–Kier alpha value is -0.980. The summed E-state index contributed by atoms with van der Waals surface area (Å²) in [4.78, 5) is 16.7. The second-order valence-electron chi connectivity index (χ2n) is 5.05. The molecule has 0 fully saturated rings. The molecular formula is C14H18BrN3OS. The zero-order valence-electron chi connectivity index (χ0n) is 12.1. The van der Waals surface area contributed by atoms with Gasteiger partial charge in [0.1, 0.15) is 5.69 Å². The minimum Gasteiger partial charge on any atom is -0.308 e. The maximum atomic E-state index is 12.7. The number of ketones is 1. The Kier molecular flexibility index (Phi) is 4.78. The molecule has 2 aromatic heterocycles. The van der Waals surface area contributed by atoms with E-state index in [1.807, 2.05) is 34.0 Å². The van der Waals surface area contributed by atoms with Crippen LogP contribution < -0.4 is 0 Å². The lowest BCUT2D eigenvalue weighted by molar-refractivity contribution is 0.103. The molecular weight excluding hydrogens is 338 g/mol. The summed E-state index contributed by atoms with van der Waals surface area (Å²) in [7, 11) is 4.01. The molecule has 0 aromatic carbocycles.